The Balaban J connectivity index is 0.00000137. The second-order valence-electron chi connectivity index (χ2n) is 3.00. The maximum atomic E-state index is 11.2. The van der Waals surface area contributed by atoms with Crippen LogP contribution in [-0.2, 0) is 11.3 Å². The lowest BCUT2D eigenvalue weighted by molar-refractivity contribution is 0.131. The number of hydrogen-bond donors (Lipinski definition) is 0. The predicted molar refractivity (Wildman–Crippen MR) is 74.0 cm³/mol. The highest BCUT2D eigenvalue weighted by atomic mass is 35.5. The van der Waals surface area contributed by atoms with Crippen molar-refractivity contribution in [3.05, 3.63) is 16.9 Å². The van der Waals surface area contributed by atoms with Crippen LogP contribution in [0.1, 0.15) is 19.4 Å². The molecule has 0 unspecified atom stereocenters. The number of carbonyl (C=O) groups excluding carboxylic acids is 1. The summed E-state index contributed by atoms with van der Waals surface area (Å²) in [4.78, 5) is 20.7. The molecule has 1 heterocycles. The number of halogens is 1. The molecular formula is C11H18ClN3O2S. The van der Waals surface area contributed by atoms with E-state index in [4.69, 9.17) is 11.6 Å². The Kier molecular flexibility index (Phi) is 8.49. The summed E-state index contributed by atoms with van der Waals surface area (Å²) in [5, 5.41) is 0.963. The number of nitrogens with zero attached hydrogens (tertiary/aromatic N) is 3. The number of thioether (sulfide) groups is 1. The summed E-state index contributed by atoms with van der Waals surface area (Å²) in [6.07, 6.45) is 3.05. The molecule has 0 saturated heterocycles. The minimum atomic E-state index is -0.426. The van der Waals surface area contributed by atoms with Gasteiger partial charge in [0.25, 0.3) is 0 Å². The van der Waals surface area contributed by atoms with Crippen LogP contribution >= 0.6 is 23.4 Å². The van der Waals surface area contributed by atoms with Crippen LogP contribution in [0.25, 0.3) is 0 Å². The van der Waals surface area contributed by atoms with Crippen molar-refractivity contribution in [2.75, 3.05) is 20.4 Å². The Bertz CT molecular complexity index is 391. The van der Waals surface area contributed by atoms with Gasteiger partial charge in [-0.25, -0.2) is 14.8 Å². The summed E-state index contributed by atoms with van der Waals surface area (Å²) in [5.74, 6) is 0. The highest BCUT2D eigenvalue weighted by molar-refractivity contribution is 7.98. The highest BCUT2D eigenvalue weighted by Gasteiger charge is 2.12. The molecule has 18 heavy (non-hydrogen) atoms. The van der Waals surface area contributed by atoms with Gasteiger partial charge in [0.2, 0.25) is 0 Å². The smallest absolute Gasteiger partial charge is 0.409 e. The van der Waals surface area contributed by atoms with Crippen LogP contribution in [-0.4, -0.2) is 41.4 Å². The number of rotatable bonds is 3. The molecule has 0 radical (unpaired) electrons. The molecule has 0 aliphatic carbocycles. The molecule has 1 aromatic heterocycles. The van der Waals surface area contributed by atoms with E-state index in [1.54, 1.807) is 13.2 Å². The quantitative estimate of drug-likeness (QED) is 0.487. The van der Waals surface area contributed by atoms with Gasteiger partial charge in [-0.2, -0.15) is 0 Å². The first-order chi connectivity index (χ1) is 8.58. The highest BCUT2D eigenvalue weighted by Crippen LogP contribution is 2.17. The van der Waals surface area contributed by atoms with E-state index < -0.39 is 6.09 Å². The molecule has 102 valence electrons. The second kappa shape index (κ2) is 8.99. The van der Waals surface area contributed by atoms with Crippen LogP contribution in [0.3, 0.4) is 0 Å². The summed E-state index contributed by atoms with van der Waals surface area (Å²) >= 11 is 7.37. The molecule has 1 amide bonds. The first kappa shape index (κ1) is 17.0. The fraction of sp³-hybridized carbons (Fsp3) is 0.545. The molecule has 1 aromatic rings. The Hall–Kier alpha value is -1.01. The number of aromatic nitrogens is 2. The number of amides is 1. The molecular weight excluding hydrogens is 274 g/mol. The molecule has 7 heteroatoms. The molecule has 0 atom stereocenters. The van der Waals surface area contributed by atoms with Crippen molar-refractivity contribution in [2.45, 2.75) is 25.5 Å². The second-order valence-corrected chi connectivity index (χ2v) is 4.13. The van der Waals surface area contributed by atoms with Gasteiger partial charge in [0.05, 0.1) is 13.7 Å². The summed E-state index contributed by atoms with van der Waals surface area (Å²) in [5.41, 5.74) is 0.687. The molecule has 0 N–H and O–H groups in total. The van der Waals surface area contributed by atoms with Gasteiger partial charge in [-0.15, -0.1) is 0 Å². The van der Waals surface area contributed by atoms with E-state index >= 15 is 0 Å². The summed E-state index contributed by atoms with van der Waals surface area (Å²) in [6.45, 7) is 4.32. The monoisotopic (exact) mass is 291 g/mol. The van der Waals surface area contributed by atoms with Crippen molar-refractivity contribution in [1.82, 2.24) is 14.9 Å². The summed E-state index contributed by atoms with van der Waals surface area (Å²) in [6, 6.07) is 0. The van der Waals surface area contributed by atoms with Crippen molar-refractivity contribution in [3.8, 4) is 0 Å². The number of ether oxygens (including phenoxy) is 1. The SMILES string of the molecule is CC.COC(=O)N(C)Cc1cnc(SC)nc1Cl. The zero-order valence-corrected chi connectivity index (χ0v) is 12.8. The van der Waals surface area contributed by atoms with E-state index in [1.807, 2.05) is 20.1 Å². The van der Waals surface area contributed by atoms with E-state index in [2.05, 4.69) is 14.7 Å². The topological polar surface area (TPSA) is 55.3 Å². The molecule has 0 saturated carbocycles. The van der Waals surface area contributed by atoms with Crippen LogP contribution < -0.4 is 0 Å². The van der Waals surface area contributed by atoms with Crippen molar-refractivity contribution in [2.24, 2.45) is 0 Å². The van der Waals surface area contributed by atoms with Crippen molar-refractivity contribution >= 4 is 29.5 Å². The maximum Gasteiger partial charge on any atom is 0.409 e. The van der Waals surface area contributed by atoms with Gasteiger partial charge in [0.1, 0.15) is 5.15 Å². The van der Waals surface area contributed by atoms with Gasteiger partial charge in [-0.1, -0.05) is 37.2 Å². The zero-order chi connectivity index (χ0) is 14.1. The first-order valence-electron chi connectivity index (χ1n) is 5.43. The molecule has 0 aromatic carbocycles. The van der Waals surface area contributed by atoms with Gasteiger partial charge in [-0.05, 0) is 6.26 Å². The van der Waals surface area contributed by atoms with E-state index in [-0.39, 0.29) is 0 Å². The zero-order valence-electron chi connectivity index (χ0n) is 11.2. The van der Waals surface area contributed by atoms with E-state index in [1.165, 1.54) is 23.8 Å². The third-order valence-corrected chi connectivity index (χ3v) is 2.76. The lowest BCUT2D eigenvalue weighted by atomic mass is 10.3. The van der Waals surface area contributed by atoms with E-state index in [0.717, 1.165) is 0 Å². The van der Waals surface area contributed by atoms with Crippen LogP contribution in [0.5, 0.6) is 0 Å². The molecule has 0 bridgehead atoms. The standard InChI is InChI=1S/C9H12ClN3O2S.C2H6/c1-13(9(14)15-2)5-6-4-11-8(16-3)12-7(6)10;1-2/h4H,5H2,1-3H3;1-2H3. The predicted octanol–water partition coefficient (Wildman–Crippen LogP) is 3.08. The molecule has 0 fully saturated rings. The largest absolute Gasteiger partial charge is 0.453 e. The van der Waals surface area contributed by atoms with Gasteiger partial charge in [0.15, 0.2) is 5.16 Å². The fourth-order valence-corrected chi connectivity index (χ4v) is 1.63. The van der Waals surface area contributed by atoms with Crippen molar-refractivity contribution in [3.63, 3.8) is 0 Å². The van der Waals surface area contributed by atoms with Gasteiger partial charge < -0.3 is 9.64 Å². The molecule has 0 aliphatic rings. The minimum Gasteiger partial charge on any atom is -0.453 e. The van der Waals surface area contributed by atoms with Crippen LogP contribution in [0.4, 0.5) is 4.79 Å². The summed E-state index contributed by atoms with van der Waals surface area (Å²) < 4.78 is 4.57. The van der Waals surface area contributed by atoms with Gasteiger partial charge >= 0.3 is 6.09 Å². The van der Waals surface area contributed by atoms with Crippen molar-refractivity contribution < 1.29 is 9.53 Å². The fourth-order valence-electron chi connectivity index (χ4n) is 1.05. The maximum absolute atomic E-state index is 11.2. The Morgan fingerprint density at radius 3 is 2.61 bits per heavy atom. The van der Waals surface area contributed by atoms with Gasteiger partial charge in [-0.3, -0.25) is 0 Å². The average Bonchev–Trinajstić information content (AvgIpc) is 2.42. The van der Waals surface area contributed by atoms with Gasteiger partial charge in [0, 0.05) is 18.8 Å². The molecule has 5 nitrogen and oxygen atoms in total. The Morgan fingerprint density at radius 2 is 2.17 bits per heavy atom. The number of hydrogen-bond acceptors (Lipinski definition) is 5. The van der Waals surface area contributed by atoms with Crippen LogP contribution in [0.2, 0.25) is 5.15 Å². The lowest BCUT2D eigenvalue weighted by Crippen LogP contribution is -2.26. The van der Waals surface area contributed by atoms with E-state index in [9.17, 15) is 4.79 Å². The molecule has 0 spiro atoms. The Morgan fingerprint density at radius 1 is 1.56 bits per heavy atom. The third kappa shape index (κ3) is 5.10. The summed E-state index contributed by atoms with van der Waals surface area (Å²) in [7, 11) is 2.94. The van der Waals surface area contributed by atoms with Crippen LogP contribution in [0.15, 0.2) is 11.4 Å². The Labute approximate surface area is 117 Å². The first-order valence-corrected chi connectivity index (χ1v) is 7.03. The number of methoxy groups -OCH3 is 1. The normalized spacial score (nSPS) is 9.22. The van der Waals surface area contributed by atoms with Crippen LogP contribution in [0, 0.1) is 0 Å². The minimum absolute atomic E-state index is 0.320. The lowest BCUT2D eigenvalue weighted by Gasteiger charge is -2.15. The van der Waals surface area contributed by atoms with Crippen molar-refractivity contribution in [1.29, 1.82) is 0 Å². The third-order valence-electron chi connectivity index (χ3n) is 1.87. The molecule has 0 aliphatic heterocycles. The molecule has 1 rings (SSSR count). The van der Waals surface area contributed by atoms with E-state index in [0.29, 0.717) is 22.4 Å². The number of carbonyl (C=O) groups is 1. The average molecular weight is 292 g/mol.